The van der Waals surface area contributed by atoms with E-state index in [0.29, 0.717) is 6.61 Å². The number of aliphatic imine (C=N–C) groups is 1. The number of hydrogen-bond acceptors (Lipinski definition) is 3. The number of hydrogen-bond donors (Lipinski definition) is 3. The summed E-state index contributed by atoms with van der Waals surface area (Å²) in [7, 11) is 1.55. The topological polar surface area (TPSA) is 71.7 Å². The lowest BCUT2D eigenvalue weighted by Gasteiger charge is -2.16. The van der Waals surface area contributed by atoms with E-state index in [1.54, 1.807) is 7.11 Å². The van der Waals surface area contributed by atoms with Crippen LogP contribution in [0.15, 0.2) is 29.3 Å². The molecule has 1 atom stereocenters. The second-order valence-electron chi connectivity index (χ2n) is 4.46. The third-order valence-electron chi connectivity index (χ3n) is 2.67. The molecule has 1 aromatic rings. The van der Waals surface area contributed by atoms with E-state index in [4.69, 9.17) is 10.6 Å². The van der Waals surface area contributed by atoms with Crippen molar-refractivity contribution >= 4 is 5.96 Å². The van der Waals surface area contributed by atoms with E-state index in [1.165, 1.54) is 18.2 Å². The van der Waals surface area contributed by atoms with Crippen LogP contribution in [0.5, 0.6) is 0 Å². The normalized spacial score (nSPS) is 13.9. The fourth-order valence-corrected chi connectivity index (χ4v) is 1.76. The number of alkyl halides is 3. The molecule has 0 aliphatic rings. The molecule has 0 spiro atoms. The van der Waals surface area contributed by atoms with Crippen molar-refractivity contribution in [3.63, 3.8) is 0 Å². The highest BCUT2D eigenvalue weighted by atomic mass is 19.4. The van der Waals surface area contributed by atoms with Gasteiger partial charge in [0, 0.05) is 13.2 Å². The van der Waals surface area contributed by atoms with E-state index in [1.807, 2.05) is 6.92 Å². The molecule has 0 aromatic heterocycles. The van der Waals surface area contributed by atoms with Crippen LogP contribution in [0.25, 0.3) is 0 Å². The fraction of sp³-hybridized carbons (Fsp3) is 0.462. The Kier molecular flexibility index (Phi) is 6.44. The van der Waals surface area contributed by atoms with E-state index < -0.39 is 11.7 Å². The molecule has 0 aliphatic carbocycles. The zero-order chi connectivity index (χ0) is 15.9. The number of hydrazine groups is 1. The summed E-state index contributed by atoms with van der Waals surface area (Å²) in [6.45, 7) is 2.11. The van der Waals surface area contributed by atoms with Crippen LogP contribution in [0.4, 0.5) is 13.2 Å². The minimum Gasteiger partial charge on any atom is -0.383 e. The van der Waals surface area contributed by atoms with E-state index in [9.17, 15) is 13.2 Å². The smallest absolute Gasteiger partial charge is 0.383 e. The molecule has 0 bridgehead atoms. The van der Waals surface area contributed by atoms with Crippen molar-refractivity contribution in [3.05, 3.63) is 35.4 Å². The van der Waals surface area contributed by atoms with Crippen LogP contribution in [-0.2, 0) is 17.5 Å². The zero-order valence-electron chi connectivity index (χ0n) is 11.9. The minimum absolute atomic E-state index is 0.0809. The Morgan fingerprint density at radius 3 is 2.62 bits per heavy atom. The monoisotopic (exact) mass is 304 g/mol. The standard InChI is InChI=1S/C13H19F3N4O/c1-9(8-21-2)19-12(20-17)18-7-10-5-3-4-6-11(10)13(14,15)16/h3-6,9H,7-8,17H2,1-2H3,(H2,18,19,20). The third kappa shape index (κ3) is 5.60. The molecule has 0 amide bonds. The summed E-state index contributed by atoms with van der Waals surface area (Å²) < 4.78 is 43.5. The average molecular weight is 304 g/mol. The fourth-order valence-electron chi connectivity index (χ4n) is 1.76. The van der Waals surface area contributed by atoms with Crippen molar-refractivity contribution in [2.45, 2.75) is 25.7 Å². The summed E-state index contributed by atoms with van der Waals surface area (Å²) in [5.41, 5.74) is 1.71. The molecule has 0 aliphatic heterocycles. The number of ether oxygens (including phenoxy) is 1. The first-order chi connectivity index (χ1) is 9.88. The molecule has 118 valence electrons. The Bertz CT molecular complexity index is 477. The predicted octanol–water partition coefficient (Wildman–Crippen LogP) is 1.65. The van der Waals surface area contributed by atoms with Gasteiger partial charge in [0.15, 0.2) is 0 Å². The lowest BCUT2D eigenvalue weighted by atomic mass is 10.1. The van der Waals surface area contributed by atoms with E-state index in [0.717, 1.165) is 6.07 Å². The lowest BCUT2D eigenvalue weighted by Crippen LogP contribution is -2.46. The Morgan fingerprint density at radius 2 is 2.05 bits per heavy atom. The molecule has 0 saturated heterocycles. The molecule has 8 heteroatoms. The van der Waals surface area contributed by atoms with Gasteiger partial charge < -0.3 is 10.1 Å². The van der Waals surface area contributed by atoms with E-state index >= 15 is 0 Å². The van der Waals surface area contributed by atoms with Crippen molar-refractivity contribution in [1.82, 2.24) is 10.7 Å². The lowest BCUT2D eigenvalue weighted by molar-refractivity contribution is -0.138. The quantitative estimate of drug-likeness (QED) is 0.335. The Hall–Kier alpha value is -1.80. The molecule has 21 heavy (non-hydrogen) atoms. The SMILES string of the molecule is COCC(C)NC(=NCc1ccccc1C(F)(F)F)NN. The molecular weight excluding hydrogens is 285 g/mol. The number of methoxy groups -OCH3 is 1. The predicted molar refractivity (Wildman–Crippen MR) is 74.4 cm³/mol. The second kappa shape index (κ2) is 7.84. The van der Waals surface area contributed by atoms with Gasteiger partial charge in [0.25, 0.3) is 0 Å². The summed E-state index contributed by atoms with van der Waals surface area (Å²) >= 11 is 0. The number of nitrogens with two attached hydrogens (primary N) is 1. The molecule has 1 rings (SSSR count). The molecule has 5 nitrogen and oxygen atoms in total. The maximum Gasteiger partial charge on any atom is 0.416 e. The molecule has 1 unspecified atom stereocenters. The zero-order valence-corrected chi connectivity index (χ0v) is 11.9. The number of nitrogens with zero attached hydrogens (tertiary/aromatic N) is 1. The Morgan fingerprint density at radius 1 is 1.38 bits per heavy atom. The van der Waals surface area contributed by atoms with E-state index in [-0.39, 0.29) is 24.1 Å². The van der Waals surface area contributed by atoms with Gasteiger partial charge in [0.05, 0.1) is 18.7 Å². The van der Waals surface area contributed by atoms with Gasteiger partial charge >= 0.3 is 6.18 Å². The summed E-state index contributed by atoms with van der Waals surface area (Å²) in [5, 5.41) is 2.90. The highest BCUT2D eigenvalue weighted by Gasteiger charge is 2.32. The number of nitrogens with one attached hydrogen (secondary N) is 2. The van der Waals surface area contributed by atoms with Gasteiger partial charge in [0.2, 0.25) is 5.96 Å². The van der Waals surface area contributed by atoms with Gasteiger partial charge in [-0.25, -0.2) is 10.8 Å². The minimum atomic E-state index is -4.40. The molecule has 1 aromatic carbocycles. The van der Waals surface area contributed by atoms with Crippen LogP contribution >= 0.6 is 0 Å². The average Bonchev–Trinajstić information content (AvgIpc) is 2.43. The van der Waals surface area contributed by atoms with Crippen LogP contribution in [-0.4, -0.2) is 25.7 Å². The van der Waals surface area contributed by atoms with Crippen molar-refractivity contribution in [3.8, 4) is 0 Å². The maximum absolute atomic E-state index is 12.8. The number of benzene rings is 1. The van der Waals surface area contributed by atoms with Crippen LogP contribution in [0.2, 0.25) is 0 Å². The van der Waals surface area contributed by atoms with Crippen molar-refractivity contribution in [2.24, 2.45) is 10.8 Å². The van der Waals surface area contributed by atoms with Gasteiger partial charge in [-0.15, -0.1) is 0 Å². The molecule has 0 heterocycles. The Balaban J connectivity index is 2.83. The van der Waals surface area contributed by atoms with Crippen LogP contribution in [0.1, 0.15) is 18.1 Å². The Labute approximate surface area is 121 Å². The van der Waals surface area contributed by atoms with Crippen molar-refractivity contribution < 1.29 is 17.9 Å². The number of halogens is 3. The maximum atomic E-state index is 12.8. The van der Waals surface area contributed by atoms with Gasteiger partial charge in [-0.05, 0) is 18.6 Å². The van der Waals surface area contributed by atoms with Gasteiger partial charge in [-0.3, -0.25) is 5.43 Å². The number of guanidine groups is 1. The second-order valence-corrected chi connectivity index (χ2v) is 4.46. The van der Waals surface area contributed by atoms with Crippen LogP contribution in [0, 0.1) is 0 Å². The van der Waals surface area contributed by atoms with Gasteiger partial charge in [0.1, 0.15) is 0 Å². The first-order valence-corrected chi connectivity index (χ1v) is 6.30. The molecule has 0 fully saturated rings. The molecule has 0 radical (unpaired) electrons. The summed E-state index contributed by atoms with van der Waals surface area (Å²) in [6, 6.07) is 5.22. The molecule has 4 N–H and O–H groups in total. The first kappa shape index (κ1) is 17.3. The number of rotatable bonds is 5. The van der Waals surface area contributed by atoms with E-state index in [2.05, 4.69) is 15.7 Å². The first-order valence-electron chi connectivity index (χ1n) is 6.30. The van der Waals surface area contributed by atoms with Crippen molar-refractivity contribution in [1.29, 1.82) is 0 Å². The highest BCUT2D eigenvalue weighted by Crippen LogP contribution is 2.32. The molecule has 0 saturated carbocycles. The van der Waals surface area contributed by atoms with Crippen molar-refractivity contribution in [2.75, 3.05) is 13.7 Å². The largest absolute Gasteiger partial charge is 0.416 e. The third-order valence-corrected chi connectivity index (χ3v) is 2.67. The van der Waals surface area contributed by atoms with Gasteiger partial charge in [-0.2, -0.15) is 13.2 Å². The highest BCUT2D eigenvalue weighted by molar-refractivity contribution is 5.79. The molecular formula is C13H19F3N4O. The van der Waals surface area contributed by atoms with Crippen LogP contribution < -0.4 is 16.6 Å². The summed E-state index contributed by atoms with van der Waals surface area (Å²) in [5.74, 6) is 5.50. The van der Waals surface area contributed by atoms with Crippen LogP contribution in [0.3, 0.4) is 0 Å². The van der Waals surface area contributed by atoms with Gasteiger partial charge in [-0.1, -0.05) is 18.2 Å². The summed E-state index contributed by atoms with van der Waals surface area (Å²) in [6.07, 6.45) is -4.40. The summed E-state index contributed by atoms with van der Waals surface area (Å²) in [4.78, 5) is 4.02.